The summed E-state index contributed by atoms with van der Waals surface area (Å²) in [5.41, 5.74) is 0. The molecule has 22 heavy (non-hydrogen) atoms. The van der Waals surface area contributed by atoms with E-state index in [1.54, 1.807) is 0 Å². The number of alkyl halides is 9. The first kappa shape index (κ1) is 21.3. The predicted octanol–water partition coefficient (Wildman–Crippen LogP) is 4.38. The molecule has 2 nitrogen and oxygen atoms in total. The molecule has 0 saturated carbocycles. The van der Waals surface area contributed by atoms with Gasteiger partial charge in [0.2, 0.25) is 10.5 Å². The highest BCUT2D eigenvalue weighted by atomic mass is 35.5. The minimum absolute atomic E-state index is 1.54. The van der Waals surface area contributed by atoms with Crippen LogP contribution in [0.1, 0.15) is 12.8 Å². The maximum Gasteiger partial charge on any atom is 0.460 e. The van der Waals surface area contributed by atoms with E-state index < -0.39 is 53.2 Å². The van der Waals surface area contributed by atoms with Gasteiger partial charge in [-0.2, -0.15) is 39.5 Å². The number of carbonyl (C=O) groups is 2. The van der Waals surface area contributed by atoms with Crippen LogP contribution in [0.4, 0.5) is 39.5 Å². The molecule has 0 aromatic carbocycles. The number of carbonyl (C=O) groups excluding carboxylic acids is 2. The van der Waals surface area contributed by atoms with Crippen LogP contribution < -0.4 is 0 Å². The molecule has 0 spiro atoms. The van der Waals surface area contributed by atoms with Gasteiger partial charge in [0.15, 0.2) is 0 Å². The Morgan fingerprint density at radius 2 is 1.14 bits per heavy atom. The van der Waals surface area contributed by atoms with E-state index in [4.69, 9.17) is 23.2 Å². The van der Waals surface area contributed by atoms with Gasteiger partial charge in [-0.1, -0.05) is 0 Å². The second-order valence-corrected chi connectivity index (χ2v) is 4.80. The van der Waals surface area contributed by atoms with Gasteiger partial charge < -0.3 is 0 Å². The molecule has 130 valence electrons. The Bertz CT molecular complexity index is 433. The molecule has 0 aliphatic heterocycles. The van der Waals surface area contributed by atoms with Crippen LogP contribution in [0.25, 0.3) is 0 Å². The van der Waals surface area contributed by atoms with Crippen molar-refractivity contribution in [3.05, 3.63) is 0 Å². The highest BCUT2D eigenvalue weighted by Crippen LogP contribution is 2.54. The van der Waals surface area contributed by atoms with E-state index in [0.29, 0.717) is 0 Å². The average molecular weight is 387 g/mol. The zero-order valence-electron chi connectivity index (χ0n) is 9.97. The van der Waals surface area contributed by atoms with Gasteiger partial charge in [-0.05, 0) is 29.6 Å². The highest BCUT2D eigenvalue weighted by molar-refractivity contribution is 6.73. The van der Waals surface area contributed by atoms with Gasteiger partial charge in [0.1, 0.15) is 5.92 Å². The smallest absolute Gasteiger partial charge is 0.280 e. The normalized spacial score (nSPS) is 14.4. The monoisotopic (exact) mass is 386 g/mol. The summed E-state index contributed by atoms with van der Waals surface area (Å²) in [6.07, 6.45) is -10.8. The molecule has 0 atom stereocenters. The fraction of sp³-hybridized carbons (Fsp3) is 0.778. The molecule has 0 saturated heterocycles. The quantitative estimate of drug-likeness (QED) is 0.369. The third-order valence-electron chi connectivity index (χ3n) is 2.50. The summed E-state index contributed by atoms with van der Waals surface area (Å²) in [4.78, 5) is 21.2. The first-order chi connectivity index (χ1) is 9.49. The zero-order valence-corrected chi connectivity index (χ0v) is 11.5. The molecule has 0 heterocycles. The minimum Gasteiger partial charge on any atom is -0.280 e. The number of hydrogen-bond donors (Lipinski definition) is 0. The van der Waals surface area contributed by atoms with Crippen molar-refractivity contribution in [3.63, 3.8) is 0 Å². The SMILES string of the molecule is O=C(Cl)C(CCC(F)(F)C(F)(F)C(F)(F)C(F)(F)F)C(=O)Cl. The largest absolute Gasteiger partial charge is 0.460 e. The average Bonchev–Trinajstić information content (AvgIpc) is 2.25. The van der Waals surface area contributed by atoms with Crippen molar-refractivity contribution >= 4 is 33.7 Å². The second-order valence-electron chi connectivity index (χ2n) is 4.05. The first-order valence-electron chi connectivity index (χ1n) is 5.08. The van der Waals surface area contributed by atoms with Crippen molar-refractivity contribution in [1.29, 1.82) is 0 Å². The Balaban J connectivity index is 5.38. The Kier molecular flexibility index (Phi) is 6.21. The molecule has 0 aliphatic rings. The summed E-state index contributed by atoms with van der Waals surface area (Å²) in [6, 6.07) is 0. The molecule has 0 aromatic heterocycles. The van der Waals surface area contributed by atoms with E-state index >= 15 is 0 Å². The van der Waals surface area contributed by atoms with Crippen molar-refractivity contribution in [3.8, 4) is 0 Å². The maximum atomic E-state index is 13.1. The molecular weight excluding hydrogens is 382 g/mol. The van der Waals surface area contributed by atoms with Gasteiger partial charge in [-0.25, -0.2) is 0 Å². The van der Waals surface area contributed by atoms with Crippen LogP contribution in [0.5, 0.6) is 0 Å². The third-order valence-corrected chi connectivity index (χ3v) is 3.03. The van der Waals surface area contributed by atoms with E-state index in [2.05, 4.69) is 0 Å². The lowest BCUT2D eigenvalue weighted by Crippen LogP contribution is -2.60. The molecule has 0 unspecified atom stereocenters. The summed E-state index contributed by atoms with van der Waals surface area (Å²) < 4.78 is 112. The topological polar surface area (TPSA) is 34.1 Å². The van der Waals surface area contributed by atoms with Crippen molar-refractivity contribution in [1.82, 2.24) is 0 Å². The van der Waals surface area contributed by atoms with Gasteiger partial charge >= 0.3 is 23.9 Å². The van der Waals surface area contributed by atoms with E-state index in [-0.39, 0.29) is 0 Å². The fourth-order valence-electron chi connectivity index (χ4n) is 1.21. The first-order valence-corrected chi connectivity index (χ1v) is 5.83. The van der Waals surface area contributed by atoms with Gasteiger partial charge in [-0.15, -0.1) is 0 Å². The lowest BCUT2D eigenvalue weighted by atomic mass is 9.95. The van der Waals surface area contributed by atoms with E-state index in [1.807, 2.05) is 0 Å². The Morgan fingerprint density at radius 1 is 0.773 bits per heavy atom. The van der Waals surface area contributed by atoms with Gasteiger partial charge in [0.05, 0.1) is 0 Å². The van der Waals surface area contributed by atoms with Crippen LogP contribution in [-0.4, -0.2) is 34.4 Å². The van der Waals surface area contributed by atoms with E-state index in [9.17, 15) is 49.1 Å². The van der Waals surface area contributed by atoms with Crippen LogP contribution in [-0.2, 0) is 9.59 Å². The molecule has 0 amide bonds. The van der Waals surface area contributed by atoms with Crippen molar-refractivity contribution in [2.24, 2.45) is 5.92 Å². The number of halogens is 11. The molecule has 0 aromatic rings. The van der Waals surface area contributed by atoms with Gasteiger partial charge in [0, 0.05) is 6.42 Å². The van der Waals surface area contributed by atoms with Crippen LogP contribution in [0.15, 0.2) is 0 Å². The summed E-state index contributed by atoms with van der Waals surface area (Å²) in [5, 5.41) is -3.30. The molecule has 0 rings (SSSR count). The van der Waals surface area contributed by atoms with Crippen LogP contribution >= 0.6 is 23.2 Å². The molecular formula is C9H5Cl2F9O2. The standard InChI is InChI=1S/C9H5Cl2F9O2/c10-4(21)3(5(11)22)1-2-6(12,13)7(14,15)8(16,17)9(18,19)20/h3H,1-2H2. The summed E-state index contributed by atoms with van der Waals surface area (Å²) >= 11 is 9.48. The number of rotatable bonds is 7. The molecule has 0 aliphatic carbocycles. The second kappa shape index (κ2) is 6.42. The lowest BCUT2D eigenvalue weighted by Gasteiger charge is -2.33. The Morgan fingerprint density at radius 3 is 1.41 bits per heavy atom. The van der Waals surface area contributed by atoms with Crippen LogP contribution in [0.2, 0.25) is 0 Å². The van der Waals surface area contributed by atoms with Crippen LogP contribution in [0, 0.1) is 5.92 Å². The van der Waals surface area contributed by atoms with E-state index in [1.165, 1.54) is 0 Å². The highest BCUT2D eigenvalue weighted by Gasteiger charge is 2.81. The molecule has 0 radical (unpaired) electrons. The predicted molar refractivity (Wildman–Crippen MR) is 55.3 cm³/mol. The summed E-state index contributed by atoms with van der Waals surface area (Å²) in [7, 11) is 0. The number of hydrogen-bond acceptors (Lipinski definition) is 2. The van der Waals surface area contributed by atoms with Crippen LogP contribution in [0.3, 0.4) is 0 Å². The molecule has 13 heteroatoms. The van der Waals surface area contributed by atoms with Crippen molar-refractivity contribution in [2.45, 2.75) is 36.8 Å². The third kappa shape index (κ3) is 3.98. The fourth-order valence-corrected chi connectivity index (χ4v) is 1.68. The van der Waals surface area contributed by atoms with Gasteiger partial charge in [0.25, 0.3) is 0 Å². The summed E-state index contributed by atoms with van der Waals surface area (Å²) in [6.45, 7) is 0. The van der Waals surface area contributed by atoms with Crippen molar-refractivity contribution in [2.75, 3.05) is 0 Å². The summed E-state index contributed by atoms with van der Waals surface area (Å²) in [5.74, 6) is -22.0. The molecule has 0 fully saturated rings. The van der Waals surface area contributed by atoms with Crippen molar-refractivity contribution < 1.29 is 49.1 Å². The molecule has 0 N–H and O–H groups in total. The maximum absolute atomic E-state index is 13.1. The van der Waals surface area contributed by atoms with E-state index in [0.717, 1.165) is 0 Å². The zero-order chi connectivity index (χ0) is 18.1. The Hall–Kier alpha value is -0.710. The lowest BCUT2D eigenvalue weighted by molar-refractivity contribution is -0.396. The minimum atomic E-state index is -7.03. The Labute approximate surface area is 126 Å². The van der Waals surface area contributed by atoms with Gasteiger partial charge in [-0.3, -0.25) is 9.59 Å². The molecule has 0 bridgehead atoms.